The normalized spacial score (nSPS) is 17.5. The zero-order chi connectivity index (χ0) is 27.7. The van der Waals surface area contributed by atoms with Gasteiger partial charge in [0.15, 0.2) is 0 Å². The highest BCUT2D eigenvalue weighted by Crippen LogP contribution is 2.39. The summed E-state index contributed by atoms with van der Waals surface area (Å²) in [6.45, 7) is 5.18. The number of anilines is 1. The standard InChI is InChI=1S/C24H32N6O6S2/c1-15-13-25-22(26-14-15)16(2)17(3)38(33,34)29-24-28-27-23(18-9-11-37(31,32)12-10-18)30(24)21-19(35-4)7-6-8-20(21)36-5/h6-8,13-14,16-18H,9-12H2,1-5H3,(H,28,29)/t16-,17-/m0/s1. The van der Waals surface area contributed by atoms with Crippen LogP contribution in [0, 0.1) is 6.92 Å². The molecule has 38 heavy (non-hydrogen) atoms. The van der Waals surface area contributed by atoms with E-state index in [0.29, 0.717) is 41.7 Å². The molecule has 1 fully saturated rings. The van der Waals surface area contributed by atoms with Gasteiger partial charge in [0.05, 0.1) is 31.0 Å². The van der Waals surface area contributed by atoms with Gasteiger partial charge in [-0.2, -0.15) is 0 Å². The van der Waals surface area contributed by atoms with E-state index in [-0.39, 0.29) is 23.4 Å². The van der Waals surface area contributed by atoms with Crippen molar-refractivity contribution in [2.24, 2.45) is 0 Å². The molecule has 1 N–H and O–H groups in total. The van der Waals surface area contributed by atoms with Gasteiger partial charge in [-0.05, 0) is 44.4 Å². The van der Waals surface area contributed by atoms with Crippen LogP contribution in [0.4, 0.5) is 5.95 Å². The molecule has 0 radical (unpaired) electrons. The smallest absolute Gasteiger partial charge is 0.243 e. The van der Waals surface area contributed by atoms with Gasteiger partial charge >= 0.3 is 0 Å². The molecule has 0 saturated carbocycles. The first-order valence-electron chi connectivity index (χ1n) is 12.1. The zero-order valence-electron chi connectivity index (χ0n) is 21.9. The average Bonchev–Trinajstić information content (AvgIpc) is 3.29. The molecule has 3 aromatic rings. The molecule has 12 nitrogen and oxygen atoms in total. The van der Waals surface area contributed by atoms with E-state index in [0.717, 1.165) is 5.56 Å². The minimum Gasteiger partial charge on any atom is -0.494 e. The number of hydrogen-bond acceptors (Lipinski definition) is 10. The number of nitrogens with zero attached hydrogens (tertiary/aromatic N) is 5. The Bertz CT molecular complexity index is 1470. The Balaban J connectivity index is 1.78. The third-order valence-electron chi connectivity index (χ3n) is 6.87. The lowest BCUT2D eigenvalue weighted by molar-refractivity contribution is 0.390. The lowest BCUT2D eigenvalue weighted by Gasteiger charge is -2.24. The summed E-state index contributed by atoms with van der Waals surface area (Å²) >= 11 is 0. The maximum absolute atomic E-state index is 13.6. The second-order valence-corrected chi connectivity index (χ2v) is 13.8. The highest BCUT2D eigenvalue weighted by Gasteiger charge is 2.35. The second kappa shape index (κ2) is 10.8. The lowest BCUT2D eigenvalue weighted by atomic mass is 10.0. The van der Waals surface area contributed by atoms with Crippen LogP contribution in [0.5, 0.6) is 11.5 Å². The van der Waals surface area contributed by atoms with Crippen molar-refractivity contribution >= 4 is 25.8 Å². The van der Waals surface area contributed by atoms with Gasteiger partial charge < -0.3 is 9.47 Å². The number of aryl methyl sites for hydroxylation is 1. The first-order valence-corrected chi connectivity index (χ1v) is 15.5. The molecule has 2 atom stereocenters. The minimum absolute atomic E-state index is 0.0136. The van der Waals surface area contributed by atoms with Crippen molar-refractivity contribution in [2.45, 2.75) is 50.7 Å². The summed E-state index contributed by atoms with van der Waals surface area (Å²) in [5.74, 6) is 0.824. The van der Waals surface area contributed by atoms with Crippen molar-refractivity contribution in [3.63, 3.8) is 0 Å². The first-order chi connectivity index (χ1) is 18.0. The van der Waals surface area contributed by atoms with Crippen LogP contribution in [0.1, 0.15) is 55.7 Å². The number of hydrogen-bond donors (Lipinski definition) is 1. The fourth-order valence-corrected chi connectivity index (χ4v) is 7.11. The SMILES string of the molecule is COc1cccc(OC)c1-n1c(NS(=O)(=O)[C@@H](C)[C@H](C)c2ncc(C)cn2)nnc1C1CCS(=O)(=O)CC1. The highest BCUT2D eigenvalue weighted by atomic mass is 32.2. The van der Waals surface area contributed by atoms with E-state index in [1.54, 1.807) is 49.0 Å². The van der Waals surface area contributed by atoms with E-state index < -0.39 is 31.0 Å². The quantitative estimate of drug-likeness (QED) is 0.410. The predicted molar refractivity (Wildman–Crippen MR) is 142 cm³/mol. The highest BCUT2D eigenvalue weighted by molar-refractivity contribution is 7.93. The molecule has 14 heteroatoms. The molecule has 1 aromatic carbocycles. The van der Waals surface area contributed by atoms with Gasteiger partial charge in [0.25, 0.3) is 0 Å². The van der Waals surface area contributed by atoms with Crippen molar-refractivity contribution in [3.05, 3.63) is 47.8 Å². The third kappa shape index (κ3) is 5.60. The molecule has 1 saturated heterocycles. The summed E-state index contributed by atoms with van der Waals surface area (Å²) in [6, 6.07) is 5.17. The number of nitrogens with one attached hydrogen (secondary N) is 1. The fraction of sp³-hybridized carbons (Fsp3) is 0.500. The van der Waals surface area contributed by atoms with Gasteiger partial charge in [-0.3, -0.25) is 9.29 Å². The molecule has 2 aromatic heterocycles. The maximum atomic E-state index is 13.6. The summed E-state index contributed by atoms with van der Waals surface area (Å²) in [6.07, 6.45) is 3.96. The predicted octanol–water partition coefficient (Wildman–Crippen LogP) is 2.61. The lowest BCUT2D eigenvalue weighted by Crippen LogP contribution is -2.31. The Kier molecular flexibility index (Phi) is 7.93. The summed E-state index contributed by atoms with van der Waals surface area (Å²) < 4.78 is 66.6. The maximum Gasteiger partial charge on any atom is 0.243 e. The summed E-state index contributed by atoms with van der Waals surface area (Å²) in [4.78, 5) is 8.58. The van der Waals surface area contributed by atoms with Gasteiger partial charge in [0.2, 0.25) is 16.0 Å². The Hall–Kier alpha value is -3.26. The largest absolute Gasteiger partial charge is 0.494 e. The van der Waals surface area contributed by atoms with Crippen LogP contribution in [-0.4, -0.2) is 72.5 Å². The van der Waals surface area contributed by atoms with Crippen LogP contribution < -0.4 is 14.2 Å². The van der Waals surface area contributed by atoms with Gasteiger partial charge in [-0.25, -0.2) is 26.8 Å². The van der Waals surface area contributed by atoms with Crippen molar-refractivity contribution in [1.82, 2.24) is 24.7 Å². The molecule has 0 aliphatic carbocycles. The van der Waals surface area contributed by atoms with E-state index in [1.165, 1.54) is 14.2 Å². The van der Waals surface area contributed by atoms with E-state index in [9.17, 15) is 16.8 Å². The molecular weight excluding hydrogens is 532 g/mol. The zero-order valence-corrected chi connectivity index (χ0v) is 23.6. The monoisotopic (exact) mass is 564 g/mol. The molecule has 0 unspecified atom stereocenters. The second-order valence-electron chi connectivity index (χ2n) is 9.41. The number of benzene rings is 1. The fourth-order valence-electron chi connectivity index (χ4n) is 4.38. The Morgan fingerprint density at radius 2 is 1.61 bits per heavy atom. The van der Waals surface area contributed by atoms with Crippen LogP contribution >= 0.6 is 0 Å². The van der Waals surface area contributed by atoms with Crippen molar-refractivity contribution < 1.29 is 26.3 Å². The summed E-state index contributed by atoms with van der Waals surface area (Å²) in [5, 5.41) is 7.61. The van der Waals surface area contributed by atoms with Crippen LogP contribution in [0.3, 0.4) is 0 Å². The Morgan fingerprint density at radius 1 is 1.03 bits per heavy atom. The number of aromatic nitrogens is 5. The molecule has 0 spiro atoms. The number of sulfone groups is 1. The third-order valence-corrected chi connectivity index (χ3v) is 10.4. The van der Waals surface area contributed by atoms with E-state index in [1.807, 2.05) is 6.92 Å². The number of sulfonamides is 1. The van der Waals surface area contributed by atoms with Crippen molar-refractivity contribution in [2.75, 3.05) is 30.4 Å². The molecule has 0 bridgehead atoms. The molecular formula is C24H32N6O6S2. The molecule has 1 aliphatic rings. The number of methoxy groups -OCH3 is 2. The molecule has 4 rings (SSSR count). The molecule has 0 amide bonds. The van der Waals surface area contributed by atoms with Gasteiger partial charge in [-0.1, -0.05) is 13.0 Å². The first kappa shape index (κ1) is 27.8. The topological polar surface area (TPSA) is 155 Å². The van der Waals surface area contributed by atoms with E-state index >= 15 is 0 Å². The Labute approximate surface area is 222 Å². The van der Waals surface area contributed by atoms with Gasteiger partial charge in [0.1, 0.15) is 38.7 Å². The van der Waals surface area contributed by atoms with Gasteiger partial charge in [-0.15, -0.1) is 10.2 Å². The molecule has 1 aliphatic heterocycles. The van der Waals surface area contributed by atoms with Gasteiger partial charge in [0, 0.05) is 24.2 Å². The number of para-hydroxylation sites is 1. The van der Waals surface area contributed by atoms with Crippen LogP contribution in [-0.2, 0) is 19.9 Å². The number of ether oxygens (including phenoxy) is 2. The summed E-state index contributed by atoms with van der Waals surface area (Å²) in [5.41, 5.74) is 1.28. The van der Waals surface area contributed by atoms with Crippen molar-refractivity contribution in [1.29, 1.82) is 0 Å². The van der Waals surface area contributed by atoms with Crippen LogP contribution in [0.2, 0.25) is 0 Å². The minimum atomic E-state index is -4.01. The van der Waals surface area contributed by atoms with Crippen LogP contribution in [0.15, 0.2) is 30.6 Å². The molecule has 206 valence electrons. The van der Waals surface area contributed by atoms with Crippen LogP contribution in [0.25, 0.3) is 5.69 Å². The van der Waals surface area contributed by atoms with E-state index in [4.69, 9.17) is 9.47 Å². The average molecular weight is 565 g/mol. The van der Waals surface area contributed by atoms with Crippen molar-refractivity contribution in [3.8, 4) is 17.2 Å². The number of rotatable bonds is 9. The summed E-state index contributed by atoms with van der Waals surface area (Å²) in [7, 11) is -4.15. The van der Waals surface area contributed by atoms with E-state index in [2.05, 4.69) is 24.9 Å². The Morgan fingerprint density at radius 3 is 2.16 bits per heavy atom. The molecule has 3 heterocycles.